The van der Waals surface area contributed by atoms with Gasteiger partial charge in [0, 0.05) is 10.5 Å². The van der Waals surface area contributed by atoms with Crippen LogP contribution in [0, 0.1) is 0 Å². The third-order valence-electron chi connectivity index (χ3n) is 3.60. The zero-order valence-corrected chi connectivity index (χ0v) is 14.0. The Kier molecular flexibility index (Phi) is 5.27. The van der Waals surface area contributed by atoms with Crippen LogP contribution >= 0.6 is 15.9 Å². The molecule has 1 fully saturated rings. The molecule has 1 aliphatic rings. The van der Waals surface area contributed by atoms with Crippen LogP contribution in [0.25, 0.3) is 0 Å². The van der Waals surface area contributed by atoms with Crippen molar-refractivity contribution in [2.45, 2.75) is 43.0 Å². The second kappa shape index (κ2) is 6.79. The molecule has 0 aliphatic heterocycles. The highest BCUT2D eigenvalue weighted by molar-refractivity contribution is 9.10. The summed E-state index contributed by atoms with van der Waals surface area (Å²) < 4.78 is 25.2. The Hall–Kier alpha value is -1.08. The van der Waals surface area contributed by atoms with E-state index in [-0.39, 0.29) is 16.6 Å². The van der Waals surface area contributed by atoms with Crippen LogP contribution in [0.2, 0.25) is 0 Å². The zero-order chi connectivity index (χ0) is 15.5. The topological polar surface area (TPSA) is 89.3 Å². The smallest absolute Gasteiger partial charge is 0.235 e. The van der Waals surface area contributed by atoms with E-state index in [2.05, 4.69) is 21.2 Å². The summed E-state index contributed by atoms with van der Waals surface area (Å²) in [6.07, 6.45) is 5.18. The maximum absolute atomic E-state index is 12.3. The van der Waals surface area contributed by atoms with Crippen molar-refractivity contribution in [3.8, 4) is 0 Å². The molecule has 1 aliphatic carbocycles. The van der Waals surface area contributed by atoms with Crippen molar-refractivity contribution < 1.29 is 13.2 Å². The average molecular weight is 375 g/mol. The number of benzene rings is 1. The van der Waals surface area contributed by atoms with Crippen molar-refractivity contribution in [3.63, 3.8) is 0 Å². The van der Waals surface area contributed by atoms with Crippen molar-refractivity contribution in [2.24, 2.45) is 0 Å². The predicted molar refractivity (Wildman–Crippen MR) is 85.6 cm³/mol. The Bertz CT molecular complexity index is 625. The van der Waals surface area contributed by atoms with Crippen molar-refractivity contribution in [3.05, 3.63) is 22.7 Å². The van der Waals surface area contributed by atoms with E-state index in [1.54, 1.807) is 6.07 Å². The molecule has 0 heterocycles. The molecular formula is C14H19BrN2O3S. The zero-order valence-electron chi connectivity index (χ0n) is 11.6. The molecule has 116 valence electrons. The van der Waals surface area contributed by atoms with Crippen LogP contribution in [0.4, 0.5) is 5.69 Å². The molecule has 0 unspecified atom stereocenters. The second-order valence-corrected chi connectivity index (χ2v) is 8.22. The van der Waals surface area contributed by atoms with E-state index in [9.17, 15) is 13.2 Å². The van der Waals surface area contributed by atoms with E-state index < -0.39 is 21.5 Å². The van der Waals surface area contributed by atoms with Gasteiger partial charge in [-0.05, 0) is 31.0 Å². The average Bonchev–Trinajstić information content (AvgIpc) is 2.41. The van der Waals surface area contributed by atoms with Gasteiger partial charge in [0.25, 0.3) is 0 Å². The molecule has 3 N–H and O–H groups in total. The number of amides is 1. The van der Waals surface area contributed by atoms with Gasteiger partial charge >= 0.3 is 0 Å². The number of carbonyl (C=O) groups excluding carboxylic acids is 1. The minimum Gasteiger partial charge on any atom is -0.398 e. The maximum Gasteiger partial charge on any atom is 0.235 e. The minimum atomic E-state index is -3.73. The van der Waals surface area contributed by atoms with Gasteiger partial charge in [-0.1, -0.05) is 35.2 Å². The molecule has 1 aromatic rings. The number of carbonyl (C=O) groups is 1. The van der Waals surface area contributed by atoms with Gasteiger partial charge in [0.2, 0.25) is 5.91 Å². The molecule has 1 amide bonds. The molecule has 1 aromatic carbocycles. The second-order valence-electron chi connectivity index (χ2n) is 5.34. The van der Waals surface area contributed by atoms with Crippen LogP contribution in [0.1, 0.15) is 32.1 Å². The van der Waals surface area contributed by atoms with Gasteiger partial charge in [-0.25, -0.2) is 8.42 Å². The first-order valence-corrected chi connectivity index (χ1v) is 9.40. The van der Waals surface area contributed by atoms with Gasteiger partial charge < -0.3 is 11.1 Å². The van der Waals surface area contributed by atoms with E-state index in [1.807, 2.05) is 0 Å². The van der Waals surface area contributed by atoms with Crippen LogP contribution in [-0.2, 0) is 14.6 Å². The number of nitrogens with one attached hydrogen (secondary N) is 1. The lowest BCUT2D eigenvalue weighted by Crippen LogP contribution is -2.39. The fourth-order valence-corrected chi connectivity index (χ4v) is 4.37. The fraction of sp³-hybridized carbons (Fsp3) is 0.500. The number of nitrogens with two attached hydrogens (primary N) is 1. The summed E-state index contributed by atoms with van der Waals surface area (Å²) in [6.45, 7) is 0. The largest absolute Gasteiger partial charge is 0.398 e. The highest BCUT2D eigenvalue weighted by Gasteiger charge is 2.24. The van der Waals surface area contributed by atoms with Crippen LogP contribution in [-0.4, -0.2) is 26.1 Å². The molecule has 0 atom stereocenters. The predicted octanol–water partition coefficient (Wildman–Crippen LogP) is 2.25. The monoisotopic (exact) mass is 374 g/mol. The highest BCUT2D eigenvalue weighted by atomic mass is 79.9. The molecule has 0 saturated heterocycles. The lowest BCUT2D eigenvalue weighted by Gasteiger charge is -2.22. The summed E-state index contributed by atoms with van der Waals surface area (Å²) in [5.41, 5.74) is 5.86. The Morgan fingerprint density at radius 2 is 1.95 bits per heavy atom. The quantitative estimate of drug-likeness (QED) is 0.790. The SMILES string of the molecule is Nc1ccc(Br)cc1S(=O)(=O)CC(=O)NC1CCCCC1. The molecule has 2 rings (SSSR count). The third kappa shape index (κ3) is 4.44. The summed E-state index contributed by atoms with van der Waals surface area (Å²) in [7, 11) is -3.73. The lowest BCUT2D eigenvalue weighted by atomic mass is 9.95. The summed E-state index contributed by atoms with van der Waals surface area (Å²) in [5.74, 6) is -1.02. The lowest BCUT2D eigenvalue weighted by molar-refractivity contribution is -0.119. The first-order chi connectivity index (χ1) is 9.88. The van der Waals surface area contributed by atoms with Crippen LogP contribution < -0.4 is 11.1 Å². The number of sulfone groups is 1. The molecule has 5 nitrogen and oxygen atoms in total. The molecule has 1 saturated carbocycles. The molecule has 0 bridgehead atoms. The van der Waals surface area contributed by atoms with Gasteiger partial charge in [0.15, 0.2) is 9.84 Å². The van der Waals surface area contributed by atoms with Crippen molar-refractivity contribution in [1.29, 1.82) is 0 Å². The normalized spacial score (nSPS) is 16.6. The third-order valence-corrected chi connectivity index (χ3v) is 5.76. The van der Waals surface area contributed by atoms with E-state index in [1.165, 1.54) is 18.6 Å². The first kappa shape index (κ1) is 16.3. The Labute approximate surface area is 133 Å². The standard InChI is InChI=1S/C14H19BrN2O3S/c15-10-6-7-12(16)13(8-10)21(19,20)9-14(18)17-11-4-2-1-3-5-11/h6-8,11H,1-5,9,16H2,(H,17,18). The van der Waals surface area contributed by atoms with E-state index in [0.717, 1.165) is 25.7 Å². The molecule has 0 spiro atoms. The van der Waals surface area contributed by atoms with Gasteiger partial charge in [-0.2, -0.15) is 0 Å². The number of nitrogen functional groups attached to an aromatic ring is 1. The van der Waals surface area contributed by atoms with Crippen molar-refractivity contribution in [2.75, 3.05) is 11.5 Å². The molecule has 7 heteroatoms. The number of hydrogen-bond acceptors (Lipinski definition) is 4. The van der Waals surface area contributed by atoms with Gasteiger partial charge in [0.05, 0.1) is 10.6 Å². The van der Waals surface area contributed by atoms with Crippen molar-refractivity contribution >= 4 is 37.4 Å². The van der Waals surface area contributed by atoms with Crippen LogP contribution in [0.15, 0.2) is 27.6 Å². The van der Waals surface area contributed by atoms with Gasteiger partial charge in [-0.15, -0.1) is 0 Å². The van der Waals surface area contributed by atoms with E-state index in [0.29, 0.717) is 4.47 Å². The fourth-order valence-electron chi connectivity index (χ4n) is 2.54. The molecule has 0 aromatic heterocycles. The number of hydrogen-bond donors (Lipinski definition) is 2. The number of rotatable bonds is 4. The number of anilines is 1. The number of halogens is 1. The summed E-state index contributed by atoms with van der Waals surface area (Å²) in [6, 6.07) is 4.70. The minimum absolute atomic E-state index is 0.00401. The molecular weight excluding hydrogens is 356 g/mol. The Morgan fingerprint density at radius 3 is 2.62 bits per heavy atom. The summed E-state index contributed by atoms with van der Waals surface area (Å²) in [5, 5.41) is 2.81. The first-order valence-electron chi connectivity index (χ1n) is 6.95. The maximum atomic E-state index is 12.3. The summed E-state index contributed by atoms with van der Waals surface area (Å²) in [4.78, 5) is 11.9. The van der Waals surface area contributed by atoms with Gasteiger partial charge in [-0.3, -0.25) is 4.79 Å². The van der Waals surface area contributed by atoms with Crippen LogP contribution in [0.3, 0.4) is 0 Å². The Morgan fingerprint density at radius 1 is 1.29 bits per heavy atom. The molecule has 21 heavy (non-hydrogen) atoms. The Balaban J connectivity index is 2.06. The van der Waals surface area contributed by atoms with Gasteiger partial charge in [0.1, 0.15) is 5.75 Å². The molecule has 0 radical (unpaired) electrons. The van der Waals surface area contributed by atoms with E-state index in [4.69, 9.17) is 5.73 Å². The summed E-state index contributed by atoms with van der Waals surface area (Å²) >= 11 is 3.21. The van der Waals surface area contributed by atoms with Crippen LogP contribution in [0.5, 0.6) is 0 Å². The van der Waals surface area contributed by atoms with E-state index >= 15 is 0 Å². The highest BCUT2D eigenvalue weighted by Crippen LogP contribution is 2.24. The van der Waals surface area contributed by atoms with Crippen molar-refractivity contribution in [1.82, 2.24) is 5.32 Å².